The van der Waals surface area contributed by atoms with Crippen LogP contribution >= 0.6 is 0 Å². The fourth-order valence-electron chi connectivity index (χ4n) is 2.08. The molecule has 1 aromatic carbocycles. The summed E-state index contributed by atoms with van der Waals surface area (Å²) < 4.78 is 28.1. The van der Waals surface area contributed by atoms with E-state index in [4.69, 9.17) is 10.5 Å². The van der Waals surface area contributed by atoms with E-state index in [2.05, 4.69) is 0 Å². The summed E-state index contributed by atoms with van der Waals surface area (Å²) in [5, 5.41) is 9.91. The molecule has 1 saturated heterocycles. The smallest absolute Gasteiger partial charge is 0.152 e. The highest BCUT2D eigenvalue weighted by atomic mass is 32.2. The Hall–Kier alpha value is -1.31. The van der Waals surface area contributed by atoms with Gasteiger partial charge in [0.05, 0.1) is 11.5 Å². The predicted molar refractivity (Wildman–Crippen MR) is 77.5 cm³/mol. The van der Waals surface area contributed by atoms with Crippen molar-refractivity contribution in [3.05, 3.63) is 24.3 Å². The highest BCUT2D eigenvalue weighted by molar-refractivity contribution is 7.91. The maximum atomic E-state index is 11.3. The van der Waals surface area contributed by atoms with Gasteiger partial charge in [-0.3, -0.25) is 4.90 Å². The molecule has 0 bridgehead atoms. The Labute approximate surface area is 119 Å². The first kappa shape index (κ1) is 15.1. The standard InChI is InChI=1S/C13H20N2O4S/c14-11-2-1-3-13(8-11)19-10-12(16)9-15-4-6-20(17,18)7-5-15/h1-3,8,12,16H,4-7,9-10,14H2. The molecule has 20 heavy (non-hydrogen) atoms. The first-order valence-electron chi connectivity index (χ1n) is 6.54. The van der Waals surface area contributed by atoms with Crippen molar-refractivity contribution in [2.45, 2.75) is 6.10 Å². The molecule has 0 amide bonds. The van der Waals surface area contributed by atoms with E-state index in [1.54, 1.807) is 24.3 Å². The summed E-state index contributed by atoms with van der Waals surface area (Å²) in [6.07, 6.45) is -0.655. The number of ether oxygens (including phenoxy) is 1. The lowest BCUT2D eigenvalue weighted by Gasteiger charge is -2.28. The SMILES string of the molecule is Nc1cccc(OCC(O)CN2CCS(=O)(=O)CC2)c1. The Bertz CT molecular complexity index is 533. The second-order valence-corrected chi connectivity index (χ2v) is 7.29. The van der Waals surface area contributed by atoms with Gasteiger partial charge in [0.15, 0.2) is 9.84 Å². The van der Waals surface area contributed by atoms with Gasteiger partial charge in [0.2, 0.25) is 0 Å². The van der Waals surface area contributed by atoms with Gasteiger partial charge in [-0.15, -0.1) is 0 Å². The van der Waals surface area contributed by atoms with E-state index in [0.717, 1.165) is 0 Å². The molecular formula is C13H20N2O4S. The zero-order chi connectivity index (χ0) is 14.6. The molecule has 1 heterocycles. The van der Waals surface area contributed by atoms with Crippen LogP contribution in [0.4, 0.5) is 5.69 Å². The Balaban J connectivity index is 1.74. The molecule has 0 spiro atoms. The fraction of sp³-hybridized carbons (Fsp3) is 0.538. The third kappa shape index (κ3) is 4.66. The molecule has 0 radical (unpaired) electrons. The summed E-state index contributed by atoms with van der Waals surface area (Å²) in [5.74, 6) is 0.941. The Morgan fingerprint density at radius 2 is 2.05 bits per heavy atom. The quantitative estimate of drug-likeness (QED) is 0.728. The summed E-state index contributed by atoms with van der Waals surface area (Å²) in [6.45, 7) is 1.51. The molecule has 7 heteroatoms. The van der Waals surface area contributed by atoms with Crippen molar-refractivity contribution in [2.75, 3.05) is 43.5 Å². The zero-order valence-electron chi connectivity index (χ0n) is 11.2. The molecule has 6 nitrogen and oxygen atoms in total. The molecule has 1 aliphatic rings. The van der Waals surface area contributed by atoms with Crippen molar-refractivity contribution in [3.63, 3.8) is 0 Å². The van der Waals surface area contributed by atoms with Crippen LogP contribution in [0.15, 0.2) is 24.3 Å². The first-order chi connectivity index (χ1) is 9.44. The van der Waals surface area contributed by atoms with Crippen LogP contribution in [-0.4, -0.2) is 62.3 Å². The topological polar surface area (TPSA) is 92.9 Å². The molecule has 112 valence electrons. The third-order valence-corrected chi connectivity index (χ3v) is 4.82. The van der Waals surface area contributed by atoms with Crippen LogP contribution in [0.3, 0.4) is 0 Å². The third-order valence-electron chi connectivity index (χ3n) is 3.21. The van der Waals surface area contributed by atoms with Crippen molar-refractivity contribution in [3.8, 4) is 5.75 Å². The highest BCUT2D eigenvalue weighted by Crippen LogP contribution is 2.14. The van der Waals surface area contributed by atoms with Gasteiger partial charge in [-0.2, -0.15) is 0 Å². The first-order valence-corrected chi connectivity index (χ1v) is 8.36. The largest absolute Gasteiger partial charge is 0.491 e. The number of rotatable bonds is 5. The molecule has 1 aliphatic heterocycles. The number of aliphatic hydroxyl groups excluding tert-OH is 1. The van der Waals surface area contributed by atoms with Gasteiger partial charge < -0.3 is 15.6 Å². The van der Waals surface area contributed by atoms with Crippen molar-refractivity contribution in [2.24, 2.45) is 0 Å². The number of β-amino-alcohol motifs (C(OH)–C–C–N with tert-alkyl or cyclic N) is 1. The van der Waals surface area contributed by atoms with Crippen molar-refractivity contribution >= 4 is 15.5 Å². The Morgan fingerprint density at radius 1 is 1.35 bits per heavy atom. The zero-order valence-corrected chi connectivity index (χ0v) is 12.1. The fourth-order valence-corrected chi connectivity index (χ4v) is 3.36. The second kappa shape index (κ2) is 6.43. The van der Waals surface area contributed by atoms with E-state index in [1.165, 1.54) is 0 Å². The molecular weight excluding hydrogens is 280 g/mol. The van der Waals surface area contributed by atoms with E-state index in [0.29, 0.717) is 31.1 Å². The Morgan fingerprint density at radius 3 is 2.70 bits per heavy atom. The van der Waals surface area contributed by atoms with Crippen LogP contribution in [0, 0.1) is 0 Å². The molecule has 1 fully saturated rings. The van der Waals surface area contributed by atoms with E-state index in [1.807, 2.05) is 4.90 Å². The average Bonchev–Trinajstić information content (AvgIpc) is 2.39. The van der Waals surface area contributed by atoms with Gasteiger partial charge in [-0.1, -0.05) is 6.07 Å². The predicted octanol–water partition coefficient (Wildman–Crippen LogP) is -0.261. The van der Waals surface area contributed by atoms with Crippen molar-refractivity contribution in [1.29, 1.82) is 0 Å². The van der Waals surface area contributed by atoms with Crippen LogP contribution in [0.25, 0.3) is 0 Å². The number of anilines is 1. The van der Waals surface area contributed by atoms with Crippen molar-refractivity contribution in [1.82, 2.24) is 4.90 Å². The molecule has 1 unspecified atom stereocenters. The van der Waals surface area contributed by atoms with Crippen LogP contribution in [0.2, 0.25) is 0 Å². The van der Waals surface area contributed by atoms with Gasteiger partial charge >= 0.3 is 0 Å². The molecule has 2 rings (SSSR count). The maximum absolute atomic E-state index is 11.3. The highest BCUT2D eigenvalue weighted by Gasteiger charge is 2.23. The number of hydrogen-bond donors (Lipinski definition) is 2. The summed E-state index contributed by atoms with van der Waals surface area (Å²) in [4.78, 5) is 1.94. The number of nitrogens with zero attached hydrogens (tertiary/aromatic N) is 1. The summed E-state index contributed by atoms with van der Waals surface area (Å²) in [6, 6.07) is 7.01. The minimum atomic E-state index is -2.88. The summed E-state index contributed by atoms with van der Waals surface area (Å²) in [5.41, 5.74) is 6.24. The Kier molecular flexibility index (Phi) is 4.85. The van der Waals surface area contributed by atoms with Crippen molar-refractivity contribution < 1.29 is 18.3 Å². The number of nitrogens with two attached hydrogens (primary N) is 1. The van der Waals surface area contributed by atoms with Gasteiger partial charge in [-0.05, 0) is 12.1 Å². The second-order valence-electron chi connectivity index (χ2n) is 4.99. The molecule has 3 N–H and O–H groups in total. The van der Waals surface area contributed by atoms with Crippen LogP contribution in [0.1, 0.15) is 0 Å². The minimum Gasteiger partial charge on any atom is -0.491 e. The van der Waals surface area contributed by atoms with Crippen LogP contribution < -0.4 is 10.5 Å². The lowest BCUT2D eigenvalue weighted by atomic mass is 10.3. The van der Waals surface area contributed by atoms with Gasteiger partial charge in [-0.25, -0.2) is 8.42 Å². The van der Waals surface area contributed by atoms with Crippen LogP contribution in [0.5, 0.6) is 5.75 Å². The lowest BCUT2D eigenvalue weighted by molar-refractivity contribution is 0.0710. The normalized spacial score (nSPS) is 20.4. The average molecular weight is 300 g/mol. The number of hydrogen-bond acceptors (Lipinski definition) is 6. The van der Waals surface area contributed by atoms with E-state index >= 15 is 0 Å². The number of nitrogen functional groups attached to an aromatic ring is 1. The molecule has 0 aromatic heterocycles. The van der Waals surface area contributed by atoms with Gasteiger partial charge in [0, 0.05) is 31.4 Å². The van der Waals surface area contributed by atoms with E-state index < -0.39 is 15.9 Å². The molecule has 0 aliphatic carbocycles. The van der Waals surface area contributed by atoms with Gasteiger partial charge in [0.25, 0.3) is 0 Å². The molecule has 1 aromatic rings. The molecule has 0 saturated carbocycles. The maximum Gasteiger partial charge on any atom is 0.152 e. The minimum absolute atomic E-state index is 0.159. The van der Waals surface area contributed by atoms with Crippen LogP contribution in [-0.2, 0) is 9.84 Å². The summed E-state index contributed by atoms with van der Waals surface area (Å²) >= 11 is 0. The van der Waals surface area contributed by atoms with Gasteiger partial charge in [0.1, 0.15) is 18.5 Å². The van der Waals surface area contributed by atoms with E-state index in [9.17, 15) is 13.5 Å². The van der Waals surface area contributed by atoms with E-state index in [-0.39, 0.29) is 18.1 Å². The number of aliphatic hydroxyl groups is 1. The molecule has 1 atom stereocenters. The number of sulfone groups is 1. The summed E-state index contributed by atoms with van der Waals surface area (Å²) in [7, 11) is -2.88. The lowest BCUT2D eigenvalue weighted by Crippen LogP contribution is -2.44. The monoisotopic (exact) mass is 300 g/mol. The number of benzene rings is 1.